The number of imide groups is 1. The summed E-state index contributed by atoms with van der Waals surface area (Å²) in [6.45, 7) is 3.71. The summed E-state index contributed by atoms with van der Waals surface area (Å²) in [4.78, 5) is 38.6. The lowest BCUT2D eigenvalue weighted by atomic mass is 9.85. The number of anilines is 1. The Morgan fingerprint density at radius 1 is 1.12 bits per heavy atom. The Bertz CT molecular complexity index is 753. The summed E-state index contributed by atoms with van der Waals surface area (Å²) in [5.74, 6) is -0.852. The maximum atomic E-state index is 12.6. The van der Waals surface area contributed by atoms with Gasteiger partial charge in [0, 0.05) is 5.69 Å². The molecule has 3 amide bonds. The monoisotopic (exact) mass is 324 g/mol. The van der Waals surface area contributed by atoms with Gasteiger partial charge in [0.25, 0.3) is 0 Å². The molecule has 5 nitrogen and oxygen atoms in total. The van der Waals surface area contributed by atoms with Crippen LogP contribution < -0.4 is 5.32 Å². The van der Waals surface area contributed by atoms with Gasteiger partial charge in [0.1, 0.15) is 6.54 Å². The highest BCUT2D eigenvalue weighted by Crippen LogP contribution is 2.52. The molecule has 1 saturated heterocycles. The molecule has 124 valence electrons. The van der Waals surface area contributed by atoms with Crippen LogP contribution in [0, 0.1) is 37.5 Å². The number of carbonyl (C=O) groups excluding carboxylic acids is 3. The fraction of sp³-hybridized carbons (Fsp3) is 0.421. The normalized spacial score (nSPS) is 30.2. The molecule has 24 heavy (non-hydrogen) atoms. The number of nitrogens with zero attached hydrogens (tertiary/aromatic N) is 1. The molecule has 1 heterocycles. The van der Waals surface area contributed by atoms with E-state index in [9.17, 15) is 14.4 Å². The Hall–Kier alpha value is -2.43. The van der Waals surface area contributed by atoms with Crippen LogP contribution in [0.25, 0.3) is 0 Å². The van der Waals surface area contributed by atoms with Crippen LogP contribution in [0.1, 0.15) is 17.5 Å². The van der Waals surface area contributed by atoms with Gasteiger partial charge in [-0.05, 0) is 43.7 Å². The Morgan fingerprint density at radius 3 is 2.33 bits per heavy atom. The van der Waals surface area contributed by atoms with E-state index in [1.807, 2.05) is 32.0 Å². The molecule has 4 rings (SSSR count). The molecule has 1 saturated carbocycles. The molecule has 0 aromatic heterocycles. The van der Waals surface area contributed by atoms with Crippen molar-refractivity contribution in [2.24, 2.45) is 23.7 Å². The zero-order valence-corrected chi connectivity index (χ0v) is 13.8. The SMILES string of the molecule is Cc1ccc(NC(=O)CN2C(=O)C3C4C=CC(C4)C3C2=O)c(C)c1. The molecule has 4 unspecified atom stereocenters. The third-order valence-corrected chi connectivity index (χ3v) is 5.52. The molecule has 2 aliphatic carbocycles. The lowest BCUT2D eigenvalue weighted by Crippen LogP contribution is -2.39. The number of carbonyl (C=O) groups is 3. The maximum absolute atomic E-state index is 12.6. The smallest absolute Gasteiger partial charge is 0.244 e. The van der Waals surface area contributed by atoms with E-state index in [0.29, 0.717) is 5.69 Å². The second-order valence-electron chi connectivity index (χ2n) is 7.13. The van der Waals surface area contributed by atoms with Gasteiger partial charge in [-0.2, -0.15) is 0 Å². The Kier molecular flexibility index (Phi) is 3.34. The van der Waals surface area contributed by atoms with Crippen LogP contribution in [0.15, 0.2) is 30.4 Å². The topological polar surface area (TPSA) is 66.5 Å². The van der Waals surface area contributed by atoms with Gasteiger partial charge < -0.3 is 5.32 Å². The molecule has 2 bridgehead atoms. The fourth-order valence-electron chi connectivity index (χ4n) is 4.41. The molecule has 1 aromatic rings. The van der Waals surface area contributed by atoms with Crippen molar-refractivity contribution in [3.8, 4) is 0 Å². The molecule has 4 atom stereocenters. The number of aryl methyl sites for hydroxylation is 2. The number of nitrogens with one attached hydrogen (secondary N) is 1. The van der Waals surface area contributed by atoms with E-state index in [-0.39, 0.29) is 47.9 Å². The van der Waals surface area contributed by atoms with Crippen molar-refractivity contribution in [1.29, 1.82) is 0 Å². The van der Waals surface area contributed by atoms with Crippen molar-refractivity contribution in [2.75, 3.05) is 11.9 Å². The van der Waals surface area contributed by atoms with E-state index >= 15 is 0 Å². The minimum Gasteiger partial charge on any atom is -0.324 e. The lowest BCUT2D eigenvalue weighted by molar-refractivity contribution is -0.143. The van der Waals surface area contributed by atoms with Crippen molar-refractivity contribution in [1.82, 2.24) is 4.90 Å². The predicted octanol–water partition coefficient (Wildman–Crippen LogP) is 2.05. The van der Waals surface area contributed by atoms with Crippen LogP contribution in [0.3, 0.4) is 0 Å². The standard InChI is InChI=1S/C19H20N2O3/c1-10-3-6-14(11(2)7-10)20-15(22)9-21-18(23)16-12-4-5-13(8-12)17(16)19(21)24/h3-7,12-13,16-17H,8-9H2,1-2H3,(H,20,22). The number of hydrogen-bond acceptors (Lipinski definition) is 3. The van der Waals surface area contributed by atoms with Gasteiger partial charge in [0.05, 0.1) is 11.8 Å². The second kappa shape index (κ2) is 5.30. The first-order valence-corrected chi connectivity index (χ1v) is 8.36. The molecule has 0 radical (unpaired) electrons. The highest BCUT2D eigenvalue weighted by atomic mass is 16.2. The van der Waals surface area contributed by atoms with Gasteiger partial charge in [-0.1, -0.05) is 29.8 Å². The third-order valence-electron chi connectivity index (χ3n) is 5.52. The number of benzene rings is 1. The summed E-state index contributed by atoms with van der Waals surface area (Å²) in [5.41, 5.74) is 2.79. The molecular weight excluding hydrogens is 304 g/mol. The number of fused-ring (bicyclic) bond motifs is 5. The van der Waals surface area contributed by atoms with E-state index in [4.69, 9.17) is 0 Å². The predicted molar refractivity (Wildman–Crippen MR) is 89.0 cm³/mol. The average Bonchev–Trinajstić information content (AvgIpc) is 3.20. The van der Waals surface area contributed by atoms with Gasteiger partial charge in [-0.25, -0.2) is 0 Å². The number of likely N-dealkylation sites (tertiary alicyclic amines) is 1. The molecule has 2 fully saturated rings. The summed E-state index contributed by atoms with van der Waals surface area (Å²) in [7, 11) is 0. The first-order chi connectivity index (χ1) is 11.5. The van der Waals surface area contributed by atoms with Crippen LogP contribution in [-0.2, 0) is 14.4 Å². The molecule has 5 heteroatoms. The van der Waals surface area contributed by atoms with E-state index in [1.54, 1.807) is 0 Å². The molecule has 1 aliphatic heterocycles. The van der Waals surface area contributed by atoms with Crippen LogP contribution in [-0.4, -0.2) is 29.2 Å². The second-order valence-corrected chi connectivity index (χ2v) is 7.13. The van der Waals surface area contributed by atoms with Crippen LogP contribution in [0.4, 0.5) is 5.69 Å². The highest BCUT2D eigenvalue weighted by molar-refractivity contribution is 6.09. The van der Waals surface area contributed by atoms with Crippen molar-refractivity contribution in [3.63, 3.8) is 0 Å². The van der Waals surface area contributed by atoms with Crippen LogP contribution in [0.2, 0.25) is 0 Å². The molecule has 1 aromatic carbocycles. The largest absolute Gasteiger partial charge is 0.324 e. The minimum absolute atomic E-state index is 0.170. The molecule has 0 spiro atoms. The summed E-state index contributed by atoms with van der Waals surface area (Å²) >= 11 is 0. The third kappa shape index (κ3) is 2.19. The van der Waals surface area contributed by atoms with Gasteiger partial charge >= 0.3 is 0 Å². The summed E-state index contributed by atoms with van der Waals surface area (Å²) in [6, 6.07) is 5.74. The maximum Gasteiger partial charge on any atom is 0.244 e. The Balaban J connectivity index is 1.47. The zero-order valence-electron chi connectivity index (χ0n) is 13.8. The quantitative estimate of drug-likeness (QED) is 0.683. The highest BCUT2D eigenvalue weighted by Gasteiger charge is 2.59. The van der Waals surface area contributed by atoms with Crippen LogP contribution in [0.5, 0.6) is 0 Å². The van der Waals surface area contributed by atoms with E-state index in [1.165, 1.54) is 0 Å². The number of rotatable bonds is 3. The number of allylic oxidation sites excluding steroid dienone is 2. The summed E-state index contributed by atoms with van der Waals surface area (Å²) in [6.07, 6.45) is 5.00. The summed E-state index contributed by atoms with van der Waals surface area (Å²) in [5, 5.41) is 2.81. The average molecular weight is 324 g/mol. The first-order valence-electron chi connectivity index (χ1n) is 8.36. The minimum atomic E-state index is -0.330. The van der Waals surface area contributed by atoms with E-state index in [2.05, 4.69) is 17.5 Å². The summed E-state index contributed by atoms with van der Waals surface area (Å²) < 4.78 is 0. The number of hydrogen-bond donors (Lipinski definition) is 1. The van der Waals surface area contributed by atoms with E-state index < -0.39 is 0 Å². The molecular formula is C19H20N2O3. The lowest BCUT2D eigenvalue weighted by Gasteiger charge is -2.17. The zero-order chi connectivity index (χ0) is 17.0. The number of amides is 3. The Morgan fingerprint density at radius 2 is 1.75 bits per heavy atom. The van der Waals surface area contributed by atoms with Crippen molar-refractivity contribution in [3.05, 3.63) is 41.5 Å². The molecule has 1 N–H and O–H groups in total. The Labute approximate surface area is 140 Å². The van der Waals surface area contributed by atoms with Crippen LogP contribution >= 0.6 is 0 Å². The van der Waals surface area contributed by atoms with Crippen molar-refractivity contribution in [2.45, 2.75) is 20.3 Å². The van der Waals surface area contributed by atoms with E-state index in [0.717, 1.165) is 22.4 Å². The van der Waals surface area contributed by atoms with Gasteiger partial charge in [-0.3, -0.25) is 19.3 Å². The van der Waals surface area contributed by atoms with Gasteiger partial charge in [-0.15, -0.1) is 0 Å². The van der Waals surface area contributed by atoms with Gasteiger partial charge in [0.15, 0.2) is 0 Å². The fourth-order valence-corrected chi connectivity index (χ4v) is 4.41. The van der Waals surface area contributed by atoms with Crippen molar-refractivity contribution >= 4 is 23.4 Å². The van der Waals surface area contributed by atoms with Gasteiger partial charge in [0.2, 0.25) is 17.7 Å². The van der Waals surface area contributed by atoms with Crippen molar-refractivity contribution < 1.29 is 14.4 Å². The molecule has 3 aliphatic rings. The first kappa shape index (κ1) is 15.1.